The Morgan fingerprint density at radius 3 is 2.70 bits per heavy atom. The van der Waals surface area contributed by atoms with Crippen molar-refractivity contribution in [2.75, 3.05) is 37.2 Å². The lowest BCUT2D eigenvalue weighted by atomic mass is 10.2. The number of carbonyl (C=O) groups is 1. The molecule has 8 heteroatoms. The van der Waals surface area contributed by atoms with E-state index in [0.29, 0.717) is 10.9 Å². The maximum Gasteiger partial charge on any atom is 0.236 e. The van der Waals surface area contributed by atoms with Crippen molar-refractivity contribution in [1.82, 2.24) is 14.8 Å². The number of aryl methyl sites for hydroxylation is 1. The number of carbonyl (C=O) groups excluding carboxylic acids is 1. The number of rotatable bonds is 5. The molecule has 0 saturated carbocycles. The van der Waals surface area contributed by atoms with Gasteiger partial charge in [-0.15, -0.1) is 0 Å². The van der Waals surface area contributed by atoms with Gasteiger partial charge in [-0.3, -0.25) is 9.69 Å². The van der Waals surface area contributed by atoms with Crippen molar-refractivity contribution in [3.05, 3.63) is 59.7 Å². The van der Waals surface area contributed by atoms with Gasteiger partial charge in [0.15, 0.2) is 5.13 Å². The van der Waals surface area contributed by atoms with Crippen LogP contribution in [0.1, 0.15) is 11.1 Å². The van der Waals surface area contributed by atoms with Crippen LogP contribution in [0.5, 0.6) is 0 Å². The van der Waals surface area contributed by atoms with Gasteiger partial charge < -0.3 is 10.2 Å². The van der Waals surface area contributed by atoms with Crippen LogP contribution in [0.2, 0.25) is 0 Å². The lowest BCUT2D eigenvalue weighted by Gasteiger charge is -2.35. The quantitative estimate of drug-likeness (QED) is 0.575. The van der Waals surface area contributed by atoms with E-state index in [0.717, 1.165) is 47.3 Å². The maximum absolute atomic E-state index is 12.3. The van der Waals surface area contributed by atoms with Crippen molar-refractivity contribution >= 4 is 60.9 Å². The Kier molecular flexibility index (Phi) is 6.99. The molecule has 1 N–H and O–H groups in total. The van der Waals surface area contributed by atoms with Crippen molar-refractivity contribution in [2.24, 2.45) is 0 Å². The second-order valence-electron chi connectivity index (χ2n) is 7.34. The van der Waals surface area contributed by atoms with Crippen molar-refractivity contribution in [3.63, 3.8) is 0 Å². The summed E-state index contributed by atoms with van der Waals surface area (Å²) in [5.41, 5.74) is 3.44. The molecule has 5 nitrogen and oxygen atoms in total. The minimum Gasteiger partial charge on any atom is -0.355 e. The number of hydrogen-bond donors (Lipinski definition) is 1. The number of thiazole rings is 1. The van der Waals surface area contributed by atoms with Crippen LogP contribution in [-0.2, 0) is 11.3 Å². The normalized spacial score (nSPS) is 14.8. The maximum atomic E-state index is 12.3. The zero-order valence-corrected chi connectivity index (χ0v) is 19.3. The Morgan fingerprint density at radius 1 is 1.17 bits per heavy atom. The van der Waals surface area contributed by atoms with Crippen molar-refractivity contribution in [3.8, 4) is 0 Å². The summed E-state index contributed by atoms with van der Waals surface area (Å²) in [5.74, 6) is 0.235. The predicted molar refractivity (Wildman–Crippen MR) is 131 cm³/mol. The third-order valence-corrected chi connectivity index (χ3v) is 7.45. The lowest BCUT2D eigenvalue weighted by Crippen LogP contribution is -2.47. The minimum absolute atomic E-state index is 0.0687. The third-order valence-electron chi connectivity index (χ3n) is 5.00. The smallest absolute Gasteiger partial charge is 0.236 e. The van der Waals surface area contributed by atoms with E-state index in [1.807, 2.05) is 18.2 Å². The largest absolute Gasteiger partial charge is 0.355 e. The molecule has 2 aromatic carbocycles. The first-order chi connectivity index (χ1) is 14.6. The molecule has 156 valence electrons. The number of amides is 1. The van der Waals surface area contributed by atoms with Crippen LogP contribution in [-0.4, -0.2) is 56.9 Å². The molecule has 4 rings (SSSR count). The van der Waals surface area contributed by atoms with Crippen LogP contribution in [0.4, 0.5) is 5.13 Å². The fourth-order valence-corrected chi connectivity index (χ4v) is 5.42. The number of thiocarbonyl (C=S) groups is 1. The Bertz CT molecular complexity index is 1030. The summed E-state index contributed by atoms with van der Waals surface area (Å²) in [5, 5.41) is 3.55. The first-order valence-electron chi connectivity index (χ1n) is 9.92. The second-order valence-corrected chi connectivity index (χ2v) is 9.98. The molecule has 30 heavy (non-hydrogen) atoms. The van der Waals surface area contributed by atoms with E-state index >= 15 is 0 Å². The molecule has 0 unspecified atom stereocenters. The number of nitrogens with zero attached hydrogens (tertiary/aromatic N) is 3. The van der Waals surface area contributed by atoms with Gasteiger partial charge >= 0.3 is 0 Å². The summed E-state index contributed by atoms with van der Waals surface area (Å²) >= 11 is 8.50. The molecule has 1 aliphatic rings. The van der Waals surface area contributed by atoms with Crippen molar-refractivity contribution < 1.29 is 4.79 Å². The summed E-state index contributed by atoms with van der Waals surface area (Å²) in [6.45, 7) is 6.78. The standard InChI is InChI=1S/C22H24N4OS3/c1-16-7-8-18-19(13-16)30-21(23-18)24-20(27)15-29-22(28)26-11-9-25(10-12-26)14-17-5-3-2-4-6-17/h2-8,13H,9-12,14-15H2,1H3,(H,23,24,27). The highest BCUT2D eigenvalue weighted by atomic mass is 32.2. The molecule has 1 aromatic heterocycles. The number of benzene rings is 2. The zero-order valence-electron chi connectivity index (χ0n) is 16.8. The highest BCUT2D eigenvalue weighted by Gasteiger charge is 2.20. The van der Waals surface area contributed by atoms with Crippen LogP contribution in [0.15, 0.2) is 48.5 Å². The minimum atomic E-state index is -0.0687. The molecule has 1 aliphatic heterocycles. The molecular weight excluding hydrogens is 432 g/mol. The van der Waals surface area contributed by atoms with Gasteiger partial charge in [0.25, 0.3) is 0 Å². The summed E-state index contributed by atoms with van der Waals surface area (Å²) in [7, 11) is 0. The average molecular weight is 457 g/mol. The predicted octanol–water partition coefficient (Wildman–Crippen LogP) is 4.38. The first-order valence-corrected chi connectivity index (χ1v) is 12.1. The fraction of sp³-hybridized carbons (Fsp3) is 0.318. The third kappa shape index (κ3) is 5.57. The van der Waals surface area contributed by atoms with Gasteiger partial charge in [-0.25, -0.2) is 4.98 Å². The number of anilines is 1. The molecule has 0 spiro atoms. The highest BCUT2D eigenvalue weighted by molar-refractivity contribution is 8.23. The Balaban J connectivity index is 1.21. The van der Waals surface area contributed by atoms with Gasteiger partial charge in [-0.05, 0) is 30.2 Å². The summed E-state index contributed by atoms with van der Waals surface area (Å²) in [6.07, 6.45) is 0. The van der Waals surface area contributed by atoms with E-state index in [4.69, 9.17) is 12.2 Å². The molecule has 1 amide bonds. The van der Waals surface area contributed by atoms with Crippen LogP contribution in [0, 0.1) is 6.92 Å². The average Bonchev–Trinajstić information content (AvgIpc) is 3.14. The van der Waals surface area contributed by atoms with Crippen LogP contribution < -0.4 is 5.32 Å². The Morgan fingerprint density at radius 2 is 1.93 bits per heavy atom. The number of nitrogens with one attached hydrogen (secondary N) is 1. The molecule has 0 radical (unpaired) electrons. The number of fused-ring (bicyclic) bond motifs is 1. The second kappa shape index (κ2) is 9.87. The van der Waals surface area contributed by atoms with Gasteiger partial charge in [-0.1, -0.05) is 71.7 Å². The molecule has 1 fully saturated rings. The highest BCUT2D eigenvalue weighted by Crippen LogP contribution is 2.26. The van der Waals surface area contributed by atoms with Crippen LogP contribution >= 0.6 is 35.3 Å². The van der Waals surface area contributed by atoms with E-state index in [-0.39, 0.29) is 5.91 Å². The van der Waals surface area contributed by atoms with Gasteiger partial charge in [0.2, 0.25) is 5.91 Å². The first kappa shape index (κ1) is 21.2. The zero-order chi connectivity index (χ0) is 20.9. The van der Waals surface area contributed by atoms with E-state index < -0.39 is 0 Å². The number of hydrogen-bond acceptors (Lipinski definition) is 6. The Labute approximate surface area is 190 Å². The molecule has 2 heterocycles. The lowest BCUT2D eigenvalue weighted by molar-refractivity contribution is -0.113. The molecule has 0 bridgehead atoms. The monoisotopic (exact) mass is 456 g/mol. The topological polar surface area (TPSA) is 48.5 Å². The van der Waals surface area contributed by atoms with E-state index in [2.05, 4.69) is 57.4 Å². The molecule has 0 atom stereocenters. The van der Waals surface area contributed by atoms with Gasteiger partial charge in [0, 0.05) is 32.7 Å². The molecule has 0 aliphatic carbocycles. The van der Waals surface area contributed by atoms with Crippen LogP contribution in [0.25, 0.3) is 10.2 Å². The number of thioether (sulfide) groups is 1. The number of aromatic nitrogens is 1. The SMILES string of the molecule is Cc1ccc2nc(NC(=O)CSC(=S)N3CCN(Cc4ccccc4)CC3)sc2c1. The summed E-state index contributed by atoms with van der Waals surface area (Å²) in [6, 6.07) is 16.6. The van der Waals surface area contributed by atoms with Gasteiger partial charge in [0.05, 0.1) is 16.0 Å². The molecular formula is C22H24N4OS3. The Hall–Kier alpha value is -2.00. The number of piperazine rings is 1. The molecule has 3 aromatic rings. The molecule has 1 saturated heterocycles. The summed E-state index contributed by atoms with van der Waals surface area (Å²) < 4.78 is 1.88. The fourth-order valence-electron chi connectivity index (χ4n) is 3.39. The van der Waals surface area contributed by atoms with Gasteiger partial charge in [-0.2, -0.15) is 0 Å². The van der Waals surface area contributed by atoms with E-state index in [9.17, 15) is 4.79 Å². The van der Waals surface area contributed by atoms with E-state index in [1.54, 1.807) is 0 Å². The van der Waals surface area contributed by atoms with Crippen molar-refractivity contribution in [2.45, 2.75) is 13.5 Å². The van der Waals surface area contributed by atoms with Crippen LogP contribution in [0.3, 0.4) is 0 Å². The van der Waals surface area contributed by atoms with Crippen molar-refractivity contribution in [1.29, 1.82) is 0 Å². The van der Waals surface area contributed by atoms with Gasteiger partial charge in [0.1, 0.15) is 4.32 Å². The summed E-state index contributed by atoms with van der Waals surface area (Å²) in [4.78, 5) is 21.5. The van der Waals surface area contributed by atoms with E-state index in [1.165, 1.54) is 34.2 Å².